The molecule has 1 saturated heterocycles. The third-order valence-electron chi connectivity index (χ3n) is 4.77. The van der Waals surface area contributed by atoms with Crippen LogP contribution in [0.4, 0.5) is 16.3 Å². The lowest BCUT2D eigenvalue weighted by molar-refractivity contribution is 0.0135. The first-order valence-electron chi connectivity index (χ1n) is 9.76. The highest BCUT2D eigenvalue weighted by atomic mass is 16.6. The minimum atomic E-state index is -0.631. The van der Waals surface area contributed by atoms with Crippen molar-refractivity contribution in [1.82, 2.24) is 14.7 Å². The SMILES string of the molecule is CC(C)(C)OC(=O)N1CCC(C#N)C(n2cc(C(N)=O)c(Nc3ccccc3)n2)C1. The molecule has 0 radical (unpaired) electrons. The van der Waals surface area contributed by atoms with Gasteiger partial charge in [0, 0.05) is 25.0 Å². The number of benzene rings is 1. The number of primary amides is 1. The molecule has 1 aliphatic rings. The highest BCUT2D eigenvalue weighted by Crippen LogP contribution is 2.30. The number of para-hydroxylation sites is 1. The molecule has 0 aliphatic carbocycles. The minimum Gasteiger partial charge on any atom is -0.444 e. The zero-order valence-corrected chi connectivity index (χ0v) is 17.3. The van der Waals surface area contributed by atoms with E-state index in [1.807, 2.05) is 30.3 Å². The molecule has 2 unspecified atom stereocenters. The maximum atomic E-state index is 12.5. The summed E-state index contributed by atoms with van der Waals surface area (Å²) in [5.41, 5.74) is 5.89. The summed E-state index contributed by atoms with van der Waals surface area (Å²) in [7, 11) is 0. The van der Waals surface area contributed by atoms with Crippen LogP contribution in [0.3, 0.4) is 0 Å². The minimum absolute atomic E-state index is 0.213. The van der Waals surface area contributed by atoms with Gasteiger partial charge in [-0.3, -0.25) is 9.48 Å². The van der Waals surface area contributed by atoms with Crippen molar-refractivity contribution >= 4 is 23.5 Å². The Morgan fingerprint density at radius 1 is 1.30 bits per heavy atom. The third-order valence-corrected chi connectivity index (χ3v) is 4.77. The number of nitrogens with one attached hydrogen (secondary N) is 1. The second-order valence-electron chi connectivity index (χ2n) is 8.24. The van der Waals surface area contributed by atoms with Crippen molar-refractivity contribution < 1.29 is 14.3 Å². The Balaban J connectivity index is 1.88. The van der Waals surface area contributed by atoms with E-state index in [9.17, 15) is 14.9 Å². The zero-order chi connectivity index (χ0) is 21.9. The molecule has 3 rings (SSSR count). The van der Waals surface area contributed by atoms with Gasteiger partial charge >= 0.3 is 6.09 Å². The molecule has 0 saturated carbocycles. The van der Waals surface area contributed by atoms with E-state index in [0.29, 0.717) is 18.8 Å². The Hall–Kier alpha value is -3.54. The second-order valence-corrected chi connectivity index (χ2v) is 8.24. The number of aromatic nitrogens is 2. The van der Waals surface area contributed by atoms with E-state index in [-0.39, 0.29) is 18.0 Å². The van der Waals surface area contributed by atoms with Crippen molar-refractivity contribution in [2.45, 2.75) is 38.8 Å². The molecule has 3 N–H and O–H groups in total. The van der Waals surface area contributed by atoms with Gasteiger partial charge in [-0.25, -0.2) is 4.79 Å². The van der Waals surface area contributed by atoms with Crippen LogP contribution < -0.4 is 11.1 Å². The summed E-state index contributed by atoms with van der Waals surface area (Å²) in [5, 5.41) is 17.2. The maximum absolute atomic E-state index is 12.5. The van der Waals surface area contributed by atoms with Gasteiger partial charge in [0.1, 0.15) is 11.2 Å². The third kappa shape index (κ3) is 4.89. The molecule has 2 heterocycles. The summed E-state index contributed by atoms with van der Waals surface area (Å²) in [4.78, 5) is 26.0. The van der Waals surface area contributed by atoms with Crippen molar-refractivity contribution in [3.05, 3.63) is 42.1 Å². The van der Waals surface area contributed by atoms with Crippen LogP contribution in [-0.2, 0) is 4.74 Å². The van der Waals surface area contributed by atoms with Crippen molar-refractivity contribution in [2.24, 2.45) is 11.7 Å². The van der Waals surface area contributed by atoms with E-state index in [0.717, 1.165) is 5.69 Å². The Morgan fingerprint density at radius 3 is 2.60 bits per heavy atom. The predicted octanol–water partition coefficient (Wildman–Crippen LogP) is 3.05. The first-order chi connectivity index (χ1) is 14.2. The lowest BCUT2D eigenvalue weighted by atomic mass is 9.93. The molecule has 158 valence electrons. The first-order valence-corrected chi connectivity index (χ1v) is 9.76. The van der Waals surface area contributed by atoms with E-state index >= 15 is 0 Å². The average molecular weight is 410 g/mol. The lowest BCUT2D eigenvalue weighted by Gasteiger charge is -2.36. The van der Waals surface area contributed by atoms with Gasteiger partial charge in [0.25, 0.3) is 5.91 Å². The predicted molar refractivity (Wildman–Crippen MR) is 111 cm³/mol. The van der Waals surface area contributed by atoms with Gasteiger partial charge in [-0.05, 0) is 39.3 Å². The fraction of sp³-hybridized carbons (Fsp3) is 0.429. The molecule has 9 nitrogen and oxygen atoms in total. The molecule has 1 aliphatic heterocycles. The molecule has 9 heteroatoms. The highest BCUT2D eigenvalue weighted by molar-refractivity contribution is 5.98. The zero-order valence-electron chi connectivity index (χ0n) is 17.3. The first kappa shape index (κ1) is 21.2. The molecule has 30 heavy (non-hydrogen) atoms. The van der Waals surface area contributed by atoms with E-state index in [4.69, 9.17) is 10.5 Å². The highest BCUT2D eigenvalue weighted by Gasteiger charge is 2.36. The molecule has 2 aromatic rings. The van der Waals surface area contributed by atoms with Crippen molar-refractivity contribution in [3.63, 3.8) is 0 Å². The van der Waals surface area contributed by atoms with Crippen LogP contribution in [0.1, 0.15) is 43.6 Å². The van der Waals surface area contributed by atoms with Crippen LogP contribution in [-0.4, -0.2) is 45.4 Å². The molecule has 0 bridgehead atoms. The Morgan fingerprint density at radius 2 is 2.00 bits per heavy atom. The molecular formula is C21H26N6O3. The van der Waals surface area contributed by atoms with Gasteiger partial charge in [-0.1, -0.05) is 18.2 Å². The van der Waals surface area contributed by atoms with E-state index in [2.05, 4.69) is 16.5 Å². The van der Waals surface area contributed by atoms with Crippen LogP contribution in [0.15, 0.2) is 36.5 Å². The normalized spacial score (nSPS) is 19.1. The number of carbonyl (C=O) groups excluding carboxylic acids is 2. The summed E-state index contributed by atoms with van der Waals surface area (Å²) in [5.74, 6) is -0.693. The summed E-state index contributed by atoms with van der Waals surface area (Å²) >= 11 is 0. The summed E-state index contributed by atoms with van der Waals surface area (Å²) in [6.07, 6.45) is 1.57. The van der Waals surface area contributed by atoms with Crippen LogP contribution in [0.5, 0.6) is 0 Å². The van der Waals surface area contributed by atoms with Gasteiger partial charge < -0.3 is 20.7 Å². The van der Waals surface area contributed by atoms with Crippen LogP contribution in [0, 0.1) is 17.2 Å². The summed E-state index contributed by atoms with van der Waals surface area (Å²) in [6, 6.07) is 11.1. The molecule has 1 aromatic heterocycles. The Labute approximate surface area is 175 Å². The molecular weight excluding hydrogens is 384 g/mol. The van der Waals surface area contributed by atoms with Crippen LogP contribution >= 0.6 is 0 Å². The smallest absolute Gasteiger partial charge is 0.410 e. The fourth-order valence-electron chi connectivity index (χ4n) is 3.33. The average Bonchev–Trinajstić information content (AvgIpc) is 3.11. The standard InChI is InChI=1S/C21H26N6O3/c1-21(2,3)30-20(29)26-10-9-14(11-22)17(13-26)27-12-16(18(23)28)19(25-27)24-15-7-5-4-6-8-15/h4-8,12,14,17H,9-10,13H2,1-3H3,(H2,23,28)(H,24,25). The number of hydrogen-bond donors (Lipinski definition) is 2. The van der Waals surface area contributed by atoms with Crippen molar-refractivity contribution in [3.8, 4) is 6.07 Å². The van der Waals surface area contributed by atoms with Crippen molar-refractivity contribution in [2.75, 3.05) is 18.4 Å². The summed E-state index contributed by atoms with van der Waals surface area (Å²) in [6.45, 7) is 6.08. The number of ether oxygens (including phenoxy) is 1. The topological polar surface area (TPSA) is 126 Å². The van der Waals surface area contributed by atoms with E-state index < -0.39 is 23.6 Å². The fourth-order valence-corrected chi connectivity index (χ4v) is 3.33. The molecule has 2 atom stereocenters. The number of anilines is 2. The molecule has 1 fully saturated rings. The molecule has 0 spiro atoms. The second kappa shape index (κ2) is 8.45. The van der Waals surface area contributed by atoms with Gasteiger partial charge in [0.2, 0.25) is 0 Å². The van der Waals surface area contributed by atoms with Gasteiger partial charge in [0.15, 0.2) is 5.82 Å². The number of nitrogens with two attached hydrogens (primary N) is 1. The Kier molecular flexibility index (Phi) is 5.96. The monoisotopic (exact) mass is 410 g/mol. The molecule has 1 aromatic carbocycles. The number of rotatable bonds is 4. The number of carbonyl (C=O) groups is 2. The number of amides is 2. The number of likely N-dealkylation sites (tertiary alicyclic amines) is 1. The van der Waals surface area contributed by atoms with E-state index in [1.165, 1.54) is 6.20 Å². The van der Waals surface area contributed by atoms with Crippen LogP contribution in [0.2, 0.25) is 0 Å². The van der Waals surface area contributed by atoms with Gasteiger partial charge in [0.05, 0.1) is 18.0 Å². The Bertz CT molecular complexity index is 957. The number of nitrogens with zero attached hydrogens (tertiary/aromatic N) is 4. The largest absolute Gasteiger partial charge is 0.444 e. The number of nitriles is 1. The quantitative estimate of drug-likeness (QED) is 0.798. The van der Waals surface area contributed by atoms with E-state index in [1.54, 1.807) is 30.4 Å². The summed E-state index contributed by atoms with van der Waals surface area (Å²) < 4.78 is 7.02. The van der Waals surface area contributed by atoms with Gasteiger partial charge in [-0.15, -0.1) is 0 Å². The van der Waals surface area contributed by atoms with Gasteiger partial charge in [-0.2, -0.15) is 10.4 Å². The molecule has 2 amide bonds. The number of piperidine rings is 1. The lowest BCUT2D eigenvalue weighted by Crippen LogP contribution is -2.46. The maximum Gasteiger partial charge on any atom is 0.410 e. The van der Waals surface area contributed by atoms with Crippen LogP contribution in [0.25, 0.3) is 0 Å². The van der Waals surface area contributed by atoms with Crippen molar-refractivity contribution in [1.29, 1.82) is 5.26 Å². The number of hydrogen-bond acceptors (Lipinski definition) is 6.